The summed E-state index contributed by atoms with van der Waals surface area (Å²) in [6, 6.07) is 3.15. The molecule has 0 saturated carbocycles. The van der Waals surface area contributed by atoms with E-state index in [0.29, 0.717) is 17.5 Å². The molecule has 1 N–H and O–H groups in total. The molecule has 176 valence electrons. The van der Waals surface area contributed by atoms with E-state index in [0.717, 1.165) is 4.68 Å². The zero-order valence-electron chi connectivity index (χ0n) is 17.1. The number of aliphatic hydroxyl groups excluding tert-OH is 1. The number of likely N-dealkylation sites (tertiary alicyclic amines) is 1. The summed E-state index contributed by atoms with van der Waals surface area (Å²) in [4.78, 5) is 16.6. The number of hydrogen-bond acceptors (Lipinski definition) is 6. The Morgan fingerprint density at radius 1 is 1.31 bits per heavy atom. The number of carbonyl (C=O) groups is 1. The molecule has 0 aliphatic carbocycles. The molecule has 0 aromatic carbocycles. The second-order valence-electron chi connectivity index (χ2n) is 7.56. The molecule has 3 rings (SSSR count). The summed E-state index contributed by atoms with van der Waals surface area (Å²) in [6.45, 7) is -0.482. The van der Waals surface area contributed by atoms with Crippen molar-refractivity contribution >= 4 is 15.7 Å². The summed E-state index contributed by atoms with van der Waals surface area (Å²) in [7, 11) is -4.25. The van der Waals surface area contributed by atoms with E-state index >= 15 is 0 Å². The van der Waals surface area contributed by atoms with Crippen LogP contribution in [0.4, 0.5) is 17.6 Å². The average molecular weight is 478 g/mol. The lowest BCUT2D eigenvalue weighted by molar-refractivity contribution is -0.133. The molecule has 1 fully saturated rings. The highest BCUT2D eigenvalue weighted by Crippen LogP contribution is 2.42. The molecule has 1 amide bonds. The minimum atomic E-state index is -5.42. The van der Waals surface area contributed by atoms with Crippen LogP contribution >= 0.6 is 0 Å². The highest BCUT2D eigenvalue weighted by atomic mass is 32.2. The summed E-state index contributed by atoms with van der Waals surface area (Å²) >= 11 is 0. The van der Waals surface area contributed by atoms with Crippen LogP contribution in [0.5, 0.6) is 0 Å². The van der Waals surface area contributed by atoms with E-state index in [4.69, 9.17) is 5.11 Å². The van der Waals surface area contributed by atoms with Crippen molar-refractivity contribution in [1.29, 1.82) is 0 Å². The Labute approximate surface area is 181 Å². The van der Waals surface area contributed by atoms with Crippen molar-refractivity contribution in [2.24, 2.45) is 13.0 Å². The molecule has 32 heavy (non-hydrogen) atoms. The predicted octanol–water partition coefficient (Wildman–Crippen LogP) is 2.09. The Morgan fingerprint density at radius 3 is 2.56 bits per heavy atom. The van der Waals surface area contributed by atoms with Gasteiger partial charge in [0.1, 0.15) is 10.6 Å². The number of aryl methyl sites for hydroxylation is 1. The molecule has 0 atom stereocenters. The Balaban J connectivity index is 1.70. The zero-order valence-corrected chi connectivity index (χ0v) is 17.9. The van der Waals surface area contributed by atoms with E-state index in [2.05, 4.69) is 10.1 Å². The number of hydrogen-bond donors (Lipinski definition) is 1. The van der Waals surface area contributed by atoms with Crippen LogP contribution in [0.1, 0.15) is 36.2 Å². The van der Waals surface area contributed by atoms with Gasteiger partial charge in [0.15, 0.2) is 0 Å². The van der Waals surface area contributed by atoms with Crippen molar-refractivity contribution in [1.82, 2.24) is 19.7 Å². The van der Waals surface area contributed by atoms with Gasteiger partial charge in [0.2, 0.25) is 15.7 Å². The molecule has 1 aliphatic heterocycles. The molecule has 0 spiro atoms. The maximum Gasteiger partial charge on any atom is 0.353 e. The van der Waals surface area contributed by atoms with Crippen LogP contribution in [0.2, 0.25) is 0 Å². The maximum absolute atomic E-state index is 15.0. The molecule has 2 aromatic heterocycles. The minimum absolute atomic E-state index is 0.0255. The van der Waals surface area contributed by atoms with Crippen LogP contribution < -0.4 is 0 Å². The summed E-state index contributed by atoms with van der Waals surface area (Å²) in [5, 5.41) is 8.13. The summed E-state index contributed by atoms with van der Waals surface area (Å²) in [5.41, 5.74) is -0.225. The summed E-state index contributed by atoms with van der Waals surface area (Å²) in [5.74, 6) is -1.97. The number of carbonyl (C=O) groups excluding carboxylic acids is 1. The van der Waals surface area contributed by atoms with E-state index in [9.17, 15) is 30.8 Å². The number of halogens is 4. The number of pyridine rings is 1. The highest BCUT2D eigenvalue weighted by Gasteiger charge is 2.55. The first-order valence-electron chi connectivity index (χ1n) is 9.74. The Morgan fingerprint density at radius 2 is 1.97 bits per heavy atom. The van der Waals surface area contributed by atoms with Crippen LogP contribution in [0.3, 0.4) is 0 Å². The van der Waals surface area contributed by atoms with E-state index in [1.165, 1.54) is 18.1 Å². The first kappa shape index (κ1) is 24.1. The van der Waals surface area contributed by atoms with Crippen molar-refractivity contribution in [3.63, 3.8) is 0 Å². The van der Waals surface area contributed by atoms with Crippen LogP contribution in [0.15, 0.2) is 29.4 Å². The van der Waals surface area contributed by atoms with Gasteiger partial charge in [-0.1, -0.05) is 0 Å². The summed E-state index contributed by atoms with van der Waals surface area (Å²) in [6.07, 6.45) is -1.87. The number of piperidine rings is 1. The SMILES string of the molecule is Cn1cc(S(=O)(=O)C(F)(F)C2CCN(C(=O)Cc3ccnc(CO)c3)CC2)c(C(F)F)n1. The van der Waals surface area contributed by atoms with Gasteiger partial charge in [-0.3, -0.25) is 14.5 Å². The Hall–Kier alpha value is -2.54. The average Bonchev–Trinajstić information content (AvgIpc) is 3.16. The topological polar surface area (TPSA) is 105 Å². The fraction of sp³-hybridized carbons (Fsp3) is 0.526. The highest BCUT2D eigenvalue weighted by molar-refractivity contribution is 7.92. The van der Waals surface area contributed by atoms with Crippen molar-refractivity contribution in [3.05, 3.63) is 41.5 Å². The third-order valence-corrected chi connectivity index (χ3v) is 7.34. The van der Waals surface area contributed by atoms with Gasteiger partial charge in [-0.15, -0.1) is 0 Å². The van der Waals surface area contributed by atoms with Gasteiger partial charge in [0.05, 0.1) is 18.7 Å². The van der Waals surface area contributed by atoms with Gasteiger partial charge in [-0.05, 0) is 30.5 Å². The maximum atomic E-state index is 15.0. The standard InChI is InChI=1S/C19H22F4N4O4S/c1-26-10-15(17(25-26)18(20)21)32(30,31)19(22,23)13-3-6-27(7-4-13)16(29)9-12-2-5-24-14(8-12)11-28/h2,5,8,10,13,18,28H,3-4,6-7,9,11H2,1H3. The third-order valence-electron chi connectivity index (χ3n) is 5.40. The van der Waals surface area contributed by atoms with Crippen molar-refractivity contribution in [3.8, 4) is 0 Å². The number of amides is 1. The number of aromatic nitrogens is 3. The van der Waals surface area contributed by atoms with E-state index in [1.807, 2.05) is 0 Å². The second kappa shape index (κ2) is 9.14. The van der Waals surface area contributed by atoms with Gasteiger partial charge in [0, 0.05) is 38.4 Å². The summed E-state index contributed by atoms with van der Waals surface area (Å²) < 4.78 is 82.1. The predicted molar refractivity (Wildman–Crippen MR) is 103 cm³/mol. The lowest BCUT2D eigenvalue weighted by Gasteiger charge is -2.35. The lowest BCUT2D eigenvalue weighted by Crippen LogP contribution is -2.46. The van der Waals surface area contributed by atoms with Gasteiger partial charge in [-0.2, -0.15) is 13.9 Å². The normalized spacial score (nSPS) is 16.0. The van der Waals surface area contributed by atoms with E-state index in [1.54, 1.807) is 12.1 Å². The van der Waals surface area contributed by atoms with Crippen LogP contribution in [-0.2, 0) is 34.7 Å². The number of alkyl halides is 4. The molecule has 13 heteroatoms. The van der Waals surface area contributed by atoms with Crippen molar-refractivity contribution < 1.29 is 35.9 Å². The molecular formula is C19H22F4N4O4S. The number of aliphatic hydroxyl groups is 1. The Bertz CT molecular complexity index is 1080. The molecule has 2 aromatic rings. The first-order valence-corrected chi connectivity index (χ1v) is 11.2. The third kappa shape index (κ3) is 4.63. The molecule has 8 nitrogen and oxygen atoms in total. The lowest BCUT2D eigenvalue weighted by atomic mass is 9.96. The molecule has 0 bridgehead atoms. The van der Waals surface area contributed by atoms with Crippen LogP contribution in [-0.4, -0.2) is 57.4 Å². The number of sulfone groups is 1. The fourth-order valence-corrected chi connectivity index (χ4v) is 5.35. The molecule has 1 aliphatic rings. The number of nitrogens with zero attached hydrogens (tertiary/aromatic N) is 4. The monoisotopic (exact) mass is 478 g/mol. The quantitative estimate of drug-likeness (QED) is 0.611. The van der Waals surface area contributed by atoms with Crippen molar-refractivity contribution in [2.45, 2.75) is 42.4 Å². The fourth-order valence-electron chi connectivity index (χ4n) is 3.68. The first-order chi connectivity index (χ1) is 15.0. The van der Waals surface area contributed by atoms with Gasteiger partial charge in [-0.25, -0.2) is 17.2 Å². The van der Waals surface area contributed by atoms with Gasteiger partial charge >= 0.3 is 5.25 Å². The van der Waals surface area contributed by atoms with E-state index < -0.39 is 38.0 Å². The molecule has 0 radical (unpaired) electrons. The smallest absolute Gasteiger partial charge is 0.353 e. The Kier molecular flexibility index (Phi) is 6.89. The van der Waals surface area contributed by atoms with Gasteiger partial charge < -0.3 is 10.0 Å². The number of rotatable bonds is 7. The van der Waals surface area contributed by atoms with Crippen LogP contribution in [0.25, 0.3) is 0 Å². The molecular weight excluding hydrogens is 456 g/mol. The molecule has 1 saturated heterocycles. The molecule has 3 heterocycles. The van der Waals surface area contributed by atoms with E-state index in [-0.39, 0.29) is 44.9 Å². The molecule has 0 unspecified atom stereocenters. The van der Waals surface area contributed by atoms with Crippen LogP contribution in [0, 0.1) is 5.92 Å². The largest absolute Gasteiger partial charge is 0.390 e. The van der Waals surface area contributed by atoms with Gasteiger partial charge in [0.25, 0.3) is 6.43 Å². The second-order valence-corrected chi connectivity index (χ2v) is 9.55. The zero-order chi connectivity index (χ0) is 23.7. The van der Waals surface area contributed by atoms with Crippen molar-refractivity contribution in [2.75, 3.05) is 13.1 Å². The minimum Gasteiger partial charge on any atom is -0.390 e.